The SMILES string of the molecule is FC(F)c1csc2ccccc12. The lowest BCUT2D eigenvalue weighted by atomic mass is 10.2. The van der Waals surface area contributed by atoms with Gasteiger partial charge in [-0.1, -0.05) is 18.2 Å². The highest BCUT2D eigenvalue weighted by atomic mass is 32.1. The number of alkyl halides is 2. The van der Waals surface area contributed by atoms with Gasteiger partial charge in [-0.05, 0) is 6.07 Å². The van der Waals surface area contributed by atoms with E-state index in [-0.39, 0.29) is 5.56 Å². The molecule has 2 rings (SSSR count). The first kappa shape index (κ1) is 7.68. The molecule has 0 saturated heterocycles. The van der Waals surface area contributed by atoms with Crippen LogP contribution in [0, 0.1) is 0 Å². The largest absolute Gasteiger partial charge is 0.265 e. The van der Waals surface area contributed by atoms with Crippen LogP contribution in [0.25, 0.3) is 10.1 Å². The lowest BCUT2D eigenvalue weighted by Crippen LogP contribution is -1.78. The second kappa shape index (κ2) is 2.83. The highest BCUT2D eigenvalue weighted by Gasteiger charge is 2.11. The van der Waals surface area contributed by atoms with Crippen molar-refractivity contribution in [1.82, 2.24) is 0 Å². The van der Waals surface area contributed by atoms with Crippen LogP contribution in [0.3, 0.4) is 0 Å². The summed E-state index contributed by atoms with van der Waals surface area (Å²) in [5, 5.41) is 2.20. The molecule has 0 amide bonds. The third-order valence-electron chi connectivity index (χ3n) is 1.75. The van der Waals surface area contributed by atoms with E-state index < -0.39 is 6.43 Å². The summed E-state index contributed by atoms with van der Waals surface area (Å²) in [4.78, 5) is 0. The van der Waals surface area contributed by atoms with Crippen LogP contribution in [-0.2, 0) is 0 Å². The summed E-state index contributed by atoms with van der Waals surface area (Å²) in [6, 6.07) is 7.22. The van der Waals surface area contributed by atoms with Crippen molar-refractivity contribution < 1.29 is 8.78 Å². The van der Waals surface area contributed by atoms with Crippen LogP contribution in [0.2, 0.25) is 0 Å². The molecule has 0 radical (unpaired) electrons. The lowest BCUT2D eigenvalue weighted by molar-refractivity contribution is 0.153. The second-order valence-corrected chi connectivity index (χ2v) is 3.40. The van der Waals surface area contributed by atoms with Gasteiger partial charge in [0.1, 0.15) is 0 Å². The summed E-state index contributed by atoms with van der Waals surface area (Å²) in [6.45, 7) is 0. The summed E-state index contributed by atoms with van der Waals surface area (Å²) < 4.78 is 25.6. The maximum absolute atomic E-state index is 12.3. The van der Waals surface area contributed by atoms with Crippen LogP contribution in [0.15, 0.2) is 29.6 Å². The fourth-order valence-corrected chi connectivity index (χ4v) is 2.12. The number of hydrogen-bond acceptors (Lipinski definition) is 1. The lowest BCUT2D eigenvalue weighted by Gasteiger charge is -1.94. The third kappa shape index (κ3) is 1.10. The molecular weight excluding hydrogens is 178 g/mol. The van der Waals surface area contributed by atoms with Gasteiger partial charge in [-0.2, -0.15) is 0 Å². The van der Waals surface area contributed by atoms with Crippen molar-refractivity contribution in [3.8, 4) is 0 Å². The van der Waals surface area contributed by atoms with Gasteiger partial charge in [0, 0.05) is 21.0 Å². The van der Waals surface area contributed by atoms with E-state index in [2.05, 4.69) is 0 Å². The zero-order valence-electron chi connectivity index (χ0n) is 6.13. The molecule has 0 nitrogen and oxygen atoms in total. The maximum Gasteiger partial charge on any atom is 0.265 e. The molecule has 62 valence electrons. The Morgan fingerprint density at radius 3 is 2.67 bits per heavy atom. The van der Waals surface area contributed by atoms with Crippen LogP contribution in [-0.4, -0.2) is 0 Å². The molecule has 0 aliphatic rings. The Balaban J connectivity index is 2.70. The normalized spacial score (nSPS) is 11.2. The first-order valence-electron chi connectivity index (χ1n) is 3.53. The molecule has 0 saturated carbocycles. The van der Waals surface area contributed by atoms with Gasteiger partial charge in [0.25, 0.3) is 6.43 Å². The summed E-state index contributed by atoms with van der Waals surface area (Å²) in [5.41, 5.74) is 0.149. The van der Waals surface area contributed by atoms with Crippen molar-refractivity contribution in [2.24, 2.45) is 0 Å². The molecule has 1 aromatic heterocycles. The number of benzene rings is 1. The van der Waals surface area contributed by atoms with Crippen LogP contribution in [0.5, 0.6) is 0 Å². The Bertz CT molecular complexity index is 392. The van der Waals surface area contributed by atoms with Crippen LogP contribution >= 0.6 is 11.3 Å². The molecule has 0 spiro atoms. The quantitative estimate of drug-likeness (QED) is 0.631. The first-order valence-corrected chi connectivity index (χ1v) is 4.41. The van der Waals surface area contributed by atoms with Gasteiger partial charge >= 0.3 is 0 Å². The molecule has 3 heteroatoms. The molecule has 0 aliphatic carbocycles. The molecule has 0 fully saturated rings. The van der Waals surface area contributed by atoms with Crippen molar-refractivity contribution in [1.29, 1.82) is 0 Å². The smallest absolute Gasteiger partial charge is 0.205 e. The average molecular weight is 184 g/mol. The molecule has 0 atom stereocenters. The molecule has 12 heavy (non-hydrogen) atoms. The fourth-order valence-electron chi connectivity index (χ4n) is 1.17. The molecule has 0 N–H and O–H groups in total. The maximum atomic E-state index is 12.3. The van der Waals surface area contributed by atoms with Crippen molar-refractivity contribution in [3.05, 3.63) is 35.2 Å². The number of halogens is 2. The summed E-state index contributed by atoms with van der Waals surface area (Å²) >= 11 is 1.36. The van der Waals surface area contributed by atoms with Gasteiger partial charge in [-0.3, -0.25) is 0 Å². The Labute approximate surface area is 72.4 Å². The molecule has 1 heterocycles. The van der Waals surface area contributed by atoms with E-state index in [0.29, 0.717) is 5.39 Å². The molecule has 0 bridgehead atoms. The zero-order chi connectivity index (χ0) is 8.55. The van der Waals surface area contributed by atoms with Gasteiger partial charge in [0.15, 0.2) is 0 Å². The number of fused-ring (bicyclic) bond motifs is 1. The van der Waals surface area contributed by atoms with E-state index in [4.69, 9.17) is 0 Å². The molecule has 0 aliphatic heterocycles. The molecule has 2 aromatic rings. The van der Waals surface area contributed by atoms with E-state index in [9.17, 15) is 8.78 Å². The topological polar surface area (TPSA) is 0 Å². The van der Waals surface area contributed by atoms with Gasteiger partial charge < -0.3 is 0 Å². The number of hydrogen-bond donors (Lipinski definition) is 0. The highest BCUT2D eigenvalue weighted by Crippen LogP contribution is 2.32. The standard InChI is InChI=1S/C9H6F2S/c10-9(11)7-5-12-8-4-2-1-3-6(7)8/h1-5,9H. The predicted molar refractivity (Wildman–Crippen MR) is 46.8 cm³/mol. The Kier molecular flexibility index (Phi) is 1.81. The minimum absolute atomic E-state index is 0.149. The first-order chi connectivity index (χ1) is 5.79. The van der Waals surface area contributed by atoms with E-state index in [1.54, 1.807) is 12.1 Å². The zero-order valence-corrected chi connectivity index (χ0v) is 6.94. The van der Waals surface area contributed by atoms with Gasteiger partial charge in [-0.25, -0.2) is 8.78 Å². The van der Waals surface area contributed by atoms with E-state index in [0.717, 1.165) is 4.70 Å². The van der Waals surface area contributed by atoms with E-state index >= 15 is 0 Å². The van der Waals surface area contributed by atoms with Gasteiger partial charge in [-0.15, -0.1) is 11.3 Å². The predicted octanol–water partition coefficient (Wildman–Crippen LogP) is 3.84. The molecule has 1 aromatic carbocycles. The highest BCUT2D eigenvalue weighted by molar-refractivity contribution is 7.17. The van der Waals surface area contributed by atoms with Crippen molar-refractivity contribution >= 4 is 21.4 Å². The van der Waals surface area contributed by atoms with Crippen LogP contribution < -0.4 is 0 Å². The van der Waals surface area contributed by atoms with Crippen molar-refractivity contribution in [2.75, 3.05) is 0 Å². The summed E-state index contributed by atoms with van der Waals surface area (Å²) in [6.07, 6.45) is -2.36. The molecular formula is C9H6F2S. The Morgan fingerprint density at radius 2 is 1.92 bits per heavy atom. The Hall–Kier alpha value is -0.960. The summed E-state index contributed by atoms with van der Waals surface area (Å²) in [5.74, 6) is 0. The summed E-state index contributed by atoms with van der Waals surface area (Å²) in [7, 11) is 0. The molecule has 0 unspecified atom stereocenters. The van der Waals surface area contributed by atoms with Crippen molar-refractivity contribution in [3.63, 3.8) is 0 Å². The average Bonchev–Trinajstić information content (AvgIpc) is 2.47. The third-order valence-corrected chi connectivity index (χ3v) is 2.73. The monoisotopic (exact) mass is 184 g/mol. The van der Waals surface area contributed by atoms with Gasteiger partial charge in [0.2, 0.25) is 0 Å². The van der Waals surface area contributed by atoms with Crippen molar-refractivity contribution in [2.45, 2.75) is 6.43 Å². The minimum Gasteiger partial charge on any atom is -0.205 e. The van der Waals surface area contributed by atoms with Gasteiger partial charge in [0.05, 0.1) is 0 Å². The Morgan fingerprint density at radius 1 is 1.17 bits per heavy atom. The second-order valence-electron chi connectivity index (χ2n) is 2.49. The number of thiophene rings is 1. The van der Waals surface area contributed by atoms with Crippen LogP contribution in [0.4, 0.5) is 8.78 Å². The number of rotatable bonds is 1. The van der Waals surface area contributed by atoms with E-state index in [1.807, 2.05) is 12.1 Å². The van der Waals surface area contributed by atoms with Crippen LogP contribution in [0.1, 0.15) is 12.0 Å². The minimum atomic E-state index is -2.36. The van der Waals surface area contributed by atoms with E-state index in [1.165, 1.54) is 16.7 Å². The fraction of sp³-hybridized carbons (Fsp3) is 0.111.